The quantitative estimate of drug-likeness (QED) is 0.746. The molecule has 3 heteroatoms. The maximum Gasteiger partial charge on any atom is 0.230 e. The largest absolute Gasteiger partial charge is 0.338 e. The molecule has 0 spiro atoms. The first-order valence-electron chi connectivity index (χ1n) is 6.83. The van der Waals surface area contributed by atoms with E-state index in [0.29, 0.717) is 12.5 Å². The molecular formula is C14H24N2O. The molecule has 0 aromatic rings. The van der Waals surface area contributed by atoms with Gasteiger partial charge in [-0.15, -0.1) is 0 Å². The lowest BCUT2D eigenvalue weighted by Crippen LogP contribution is -2.50. The number of carbonyl (C=O) groups excluding carboxylic acids is 1. The fourth-order valence-corrected chi connectivity index (χ4v) is 3.02. The van der Waals surface area contributed by atoms with Gasteiger partial charge < -0.3 is 10.6 Å². The van der Waals surface area contributed by atoms with Gasteiger partial charge in [0.1, 0.15) is 0 Å². The highest BCUT2D eigenvalue weighted by Crippen LogP contribution is 2.37. The second-order valence-electron chi connectivity index (χ2n) is 5.60. The summed E-state index contributed by atoms with van der Waals surface area (Å²) < 4.78 is 0. The monoisotopic (exact) mass is 236 g/mol. The first-order chi connectivity index (χ1) is 8.18. The minimum Gasteiger partial charge on any atom is -0.338 e. The van der Waals surface area contributed by atoms with Crippen molar-refractivity contribution < 1.29 is 4.79 Å². The maximum atomic E-state index is 12.6. The highest BCUT2D eigenvalue weighted by molar-refractivity contribution is 5.83. The van der Waals surface area contributed by atoms with Crippen molar-refractivity contribution in [3.8, 4) is 0 Å². The summed E-state index contributed by atoms with van der Waals surface area (Å²) in [5.74, 6) is 0.309. The van der Waals surface area contributed by atoms with Crippen LogP contribution in [0.5, 0.6) is 0 Å². The van der Waals surface area contributed by atoms with E-state index in [4.69, 9.17) is 5.73 Å². The van der Waals surface area contributed by atoms with E-state index in [1.165, 1.54) is 12.0 Å². The Morgan fingerprint density at radius 3 is 2.65 bits per heavy atom. The predicted octanol–water partition coefficient (Wildman–Crippen LogP) is 2.07. The summed E-state index contributed by atoms with van der Waals surface area (Å²) >= 11 is 0. The molecule has 0 unspecified atom stereocenters. The third-order valence-electron chi connectivity index (χ3n) is 4.38. The molecule has 2 N–H and O–H groups in total. The van der Waals surface area contributed by atoms with Gasteiger partial charge in [-0.05, 0) is 26.2 Å². The highest BCUT2D eigenvalue weighted by atomic mass is 16.2. The van der Waals surface area contributed by atoms with Gasteiger partial charge in [0.15, 0.2) is 0 Å². The van der Waals surface area contributed by atoms with E-state index >= 15 is 0 Å². The van der Waals surface area contributed by atoms with E-state index in [-0.39, 0.29) is 5.41 Å². The molecule has 0 aromatic heterocycles. The van der Waals surface area contributed by atoms with Crippen LogP contribution in [-0.4, -0.2) is 30.4 Å². The molecule has 0 bridgehead atoms. The van der Waals surface area contributed by atoms with Crippen LogP contribution >= 0.6 is 0 Å². The van der Waals surface area contributed by atoms with E-state index in [1.807, 2.05) is 4.90 Å². The molecule has 2 aliphatic rings. The Hall–Kier alpha value is -0.830. The standard InChI is InChI=1S/C14H24N2O/c1-12-5-9-16(10-6-12)13(17)14(11-15)7-3-2-4-8-14/h5H,2-4,6-11,15H2,1H3. The second-order valence-corrected chi connectivity index (χ2v) is 5.60. The molecule has 3 nitrogen and oxygen atoms in total. The third-order valence-corrected chi connectivity index (χ3v) is 4.38. The maximum absolute atomic E-state index is 12.6. The number of amides is 1. The van der Waals surface area contributed by atoms with Crippen molar-refractivity contribution in [2.24, 2.45) is 11.1 Å². The van der Waals surface area contributed by atoms with E-state index in [1.54, 1.807) is 0 Å². The topological polar surface area (TPSA) is 46.3 Å². The molecular weight excluding hydrogens is 212 g/mol. The highest BCUT2D eigenvalue weighted by Gasteiger charge is 2.40. The first-order valence-corrected chi connectivity index (χ1v) is 6.83. The Morgan fingerprint density at radius 1 is 1.41 bits per heavy atom. The van der Waals surface area contributed by atoms with Crippen LogP contribution in [0.2, 0.25) is 0 Å². The zero-order valence-electron chi connectivity index (χ0n) is 10.9. The number of rotatable bonds is 2. The molecule has 96 valence electrons. The van der Waals surface area contributed by atoms with Crippen molar-refractivity contribution >= 4 is 5.91 Å². The van der Waals surface area contributed by atoms with Crippen molar-refractivity contribution in [2.45, 2.75) is 45.4 Å². The van der Waals surface area contributed by atoms with Crippen LogP contribution in [0.15, 0.2) is 11.6 Å². The fraction of sp³-hybridized carbons (Fsp3) is 0.786. The van der Waals surface area contributed by atoms with Crippen molar-refractivity contribution in [3.63, 3.8) is 0 Å². The van der Waals surface area contributed by atoms with Gasteiger partial charge >= 0.3 is 0 Å². The molecule has 1 heterocycles. The third kappa shape index (κ3) is 2.54. The summed E-state index contributed by atoms with van der Waals surface area (Å²) in [7, 11) is 0. The van der Waals surface area contributed by atoms with Crippen LogP contribution in [0.25, 0.3) is 0 Å². The Labute approximate surface area is 104 Å². The van der Waals surface area contributed by atoms with Crippen molar-refractivity contribution in [1.82, 2.24) is 4.90 Å². The van der Waals surface area contributed by atoms with Crippen molar-refractivity contribution in [1.29, 1.82) is 0 Å². The summed E-state index contributed by atoms with van der Waals surface area (Å²) in [5.41, 5.74) is 7.07. The molecule has 1 amide bonds. The van der Waals surface area contributed by atoms with Crippen LogP contribution in [0, 0.1) is 5.41 Å². The van der Waals surface area contributed by atoms with E-state index in [9.17, 15) is 4.79 Å². The lowest BCUT2D eigenvalue weighted by molar-refractivity contribution is -0.143. The molecule has 2 rings (SSSR count). The molecule has 0 radical (unpaired) electrons. The predicted molar refractivity (Wildman–Crippen MR) is 69.5 cm³/mol. The number of nitrogens with two attached hydrogens (primary N) is 1. The first kappa shape index (κ1) is 12.6. The Bertz CT molecular complexity index is 316. The zero-order valence-corrected chi connectivity index (χ0v) is 10.9. The van der Waals surface area contributed by atoms with Gasteiger partial charge in [0, 0.05) is 19.6 Å². The number of nitrogens with zero attached hydrogens (tertiary/aromatic N) is 1. The SMILES string of the molecule is CC1=CCN(C(=O)C2(CN)CCCCC2)CC1. The smallest absolute Gasteiger partial charge is 0.230 e. The fourth-order valence-electron chi connectivity index (χ4n) is 3.02. The van der Waals surface area contributed by atoms with Gasteiger partial charge in [-0.3, -0.25) is 4.79 Å². The normalized spacial score (nSPS) is 24.4. The molecule has 1 aliphatic heterocycles. The number of hydrogen-bond donors (Lipinski definition) is 1. The molecule has 1 saturated carbocycles. The Balaban J connectivity index is 2.07. The summed E-state index contributed by atoms with van der Waals surface area (Å²) in [6.45, 7) is 4.32. The average molecular weight is 236 g/mol. The molecule has 0 aromatic carbocycles. The molecule has 0 atom stereocenters. The van der Waals surface area contributed by atoms with Crippen LogP contribution in [-0.2, 0) is 4.79 Å². The van der Waals surface area contributed by atoms with Crippen LogP contribution in [0.1, 0.15) is 45.4 Å². The van der Waals surface area contributed by atoms with Gasteiger partial charge in [0.05, 0.1) is 5.41 Å². The van der Waals surface area contributed by atoms with Gasteiger partial charge in [-0.1, -0.05) is 30.9 Å². The van der Waals surface area contributed by atoms with Gasteiger partial charge in [0.25, 0.3) is 0 Å². The van der Waals surface area contributed by atoms with E-state index < -0.39 is 0 Å². The lowest BCUT2D eigenvalue weighted by Gasteiger charge is -2.39. The van der Waals surface area contributed by atoms with Crippen LogP contribution < -0.4 is 5.73 Å². The molecule has 1 aliphatic carbocycles. The minimum absolute atomic E-state index is 0.239. The average Bonchev–Trinajstić information content (AvgIpc) is 2.39. The number of hydrogen-bond acceptors (Lipinski definition) is 2. The summed E-state index contributed by atoms with van der Waals surface area (Å²) in [6.07, 6.45) is 8.75. The van der Waals surface area contributed by atoms with E-state index in [0.717, 1.165) is 45.2 Å². The minimum atomic E-state index is -0.239. The molecule has 0 saturated heterocycles. The van der Waals surface area contributed by atoms with Gasteiger partial charge in [-0.2, -0.15) is 0 Å². The molecule has 17 heavy (non-hydrogen) atoms. The van der Waals surface area contributed by atoms with E-state index in [2.05, 4.69) is 13.0 Å². The number of carbonyl (C=O) groups is 1. The Kier molecular flexibility index (Phi) is 3.87. The molecule has 1 fully saturated rings. The van der Waals surface area contributed by atoms with Gasteiger partial charge in [-0.25, -0.2) is 0 Å². The summed E-state index contributed by atoms with van der Waals surface area (Å²) in [4.78, 5) is 14.6. The Morgan fingerprint density at radius 2 is 2.12 bits per heavy atom. The lowest BCUT2D eigenvalue weighted by atomic mass is 9.73. The van der Waals surface area contributed by atoms with Crippen molar-refractivity contribution in [3.05, 3.63) is 11.6 Å². The summed E-state index contributed by atoms with van der Waals surface area (Å²) in [6, 6.07) is 0. The summed E-state index contributed by atoms with van der Waals surface area (Å²) in [5, 5.41) is 0. The van der Waals surface area contributed by atoms with Crippen LogP contribution in [0.4, 0.5) is 0 Å². The zero-order chi connectivity index (χ0) is 12.3. The van der Waals surface area contributed by atoms with Crippen LogP contribution in [0.3, 0.4) is 0 Å². The van der Waals surface area contributed by atoms with Gasteiger partial charge in [0.2, 0.25) is 5.91 Å². The second kappa shape index (κ2) is 5.21. The van der Waals surface area contributed by atoms with Crippen molar-refractivity contribution in [2.75, 3.05) is 19.6 Å².